The number of likely N-dealkylation sites (tertiary alicyclic amines) is 1. The number of ether oxygens (including phenoxy) is 1. The van der Waals surface area contributed by atoms with Crippen LogP contribution in [0.1, 0.15) is 43.0 Å². The van der Waals surface area contributed by atoms with Gasteiger partial charge in [-0.15, -0.1) is 5.10 Å². The summed E-state index contributed by atoms with van der Waals surface area (Å²) in [7, 11) is 0. The van der Waals surface area contributed by atoms with E-state index in [9.17, 15) is 9.18 Å². The van der Waals surface area contributed by atoms with E-state index in [1.807, 2.05) is 29.9 Å². The summed E-state index contributed by atoms with van der Waals surface area (Å²) >= 11 is 6.17. The maximum atomic E-state index is 14.4. The fourth-order valence-corrected chi connectivity index (χ4v) is 6.84. The number of rotatable bonds is 5. The molecule has 1 aromatic carbocycles. The summed E-state index contributed by atoms with van der Waals surface area (Å²) in [5.41, 5.74) is 3.68. The van der Waals surface area contributed by atoms with E-state index >= 15 is 0 Å². The molecule has 7 rings (SSSR count). The molecule has 9 nitrogen and oxygen atoms in total. The average molecular weight is 588 g/mol. The Hall–Kier alpha value is -4.18. The molecular formula is C31H31ClFN7O2. The average Bonchev–Trinajstić information content (AvgIpc) is 3.59. The summed E-state index contributed by atoms with van der Waals surface area (Å²) in [5.74, 6) is 0.779. The second-order valence-electron chi connectivity index (χ2n) is 11.3. The summed E-state index contributed by atoms with van der Waals surface area (Å²) in [6.45, 7) is 5.51. The van der Waals surface area contributed by atoms with Gasteiger partial charge in [-0.05, 0) is 68.4 Å². The molecule has 11 heteroatoms. The monoisotopic (exact) mass is 587 g/mol. The minimum Gasteiger partial charge on any atom is -0.492 e. The maximum absolute atomic E-state index is 14.4. The van der Waals surface area contributed by atoms with Gasteiger partial charge >= 0.3 is 0 Å². The van der Waals surface area contributed by atoms with Gasteiger partial charge in [0.05, 0.1) is 40.5 Å². The Morgan fingerprint density at radius 2 is 2.00 bits per heavy atom. The van der Waals surface area contributed by atoms with Crippen LogP contribution < -0.4 is 9.64 Å². The molecule has 2 aliphatic rings. The molecule has 0 radical (unpaired) electrons. The van der Waals surface area contributed by atoms with Crippen molar-refractivity contribution in [1.82, 2.24) is 29.7 Å². The predicted molar refractivity (Wildman–Crippen MR) is 160 cm³/mol. The number of fused-ring (bicyclic) bond motifs is 3. The molecule has 216 valence electrons. The third-order valence-electron chi connectivity index (χ3n) is 8.75. The molecule has 4 aromatic heterocycles. The molecule has 2 saturated heterocycles. The van der Waals surface area contributed by atoms with Crippen LogP contribution in [0.3, 0.4) is 0 Å². The van der Waals surface area contributed by atoms with Gasteiger partial charge in [0, 0.05) is 43.5 Å². The number of benzene rings is 1. The molecule has 2 aliphatic heterocycles. The number of aromatic nitrogens is 5. The van der Waals surface area contributed by atoms with Gasteiger partial charge in [-0.3, -0.25) is 9.89 Å². The van der Waals surface area contributed by atoms with E-state index in [0.717, 1.165) is 78.0 Å². The third-order valence-corrected chi connectivity index (χ3v) is 9.06. The first kappa shape index (κ1) is 26.7. The second-order valence-corrected chi connectivity index (χ2v) is 11.7. The lowest BCUT2D eigenvalue weighted by Crippen LogP contribution is -2.51. The number of hydrogen-bond donors (Lipinski definition) is 1. The zero-order valence-electron chi connectivity index (χ0n) is 23.3. The summed E-state index contributed by atoms with van der Waals surface area (Å²) in [6.07, 6.45) is 9.48. The first-order chi connectivity index (χ1) is 20.4. The molecule has 1 N–H and O–H groups in total. The first-order valence-electron chi connectivity index (χ1n) is 14.4. The van der Waals surface area contributed by atoms with Crippen LogP contribution in [0, 0.1) is 11.2 Å². The maximum Gasteiger partial charge on any atom is 0.258 e. The zero-order valence-corrected chi connectivity index (χ0v) is 24.1. The van der Waals surface area contributed by atoms with E-state index in [4.69, 9.17) is 21.3 Å². The van der Waals surface area contributed by atoms with E-state index in [2.05, 4.69) is 32.3 Å². The Morgan fingerprint density at radius 1 is 1.14 bits per heavy atom. The minimum absolute atomic E-state index is 0.0295. The SMILES string of the molecule is CCOc1cc(-c2ccc(N3CCCC4(CCN(C(=O)c5c(F)cccc5Cl)CC4)C3)nc2)c2c3cn[nH]c3nn2c1. The fourth-order valence-electron chi connectivity index (χ4n) is 6.59. The van der Waals surface area contributed by atoms with E-state index in [0.29, 0.717) is 19.7 Å². The Balaban J connectivity index is 1.10. The Labute approximate surface area is 247 Å². The lowest BCUT2D eigenvalue weighted by molar-refractivity contribution is 0.0536. The highest BCUT2D eigenvalue weighted by molar-refractivity contribution is 6.33. The predicted octanol–water partition coefficient (Wildman–Crippen LogP) is 5.99. The molecule has 0 atom stereocenters. The van der Waals surface area contributed by atoms with Crippen molar-refractivity contribution in [3.8, 4) is 16.9 Å². The lowest BCUT2D eigenvalue weighted by atomic mass is 9.72. The highest BCUT2D eigenvalue weighted by atomic mass is 35.5. The summed E-state index contributed by atoms with van der Waals surface area (Å²) in [4.78, 5) is 22.1. The number of carbonyl (C=O) groups is 1. The number of pyridine rings is 2. The molecule has 0 saturated carbocycles. The van der Waals surface area contributed by atoms with Gasteiger partial charge < -0.3 is 14.5 Å². The summed E-state index contributed by atoms with van der Waals surface area (Å²) in [6, 6.07) is 10.6. The van der Waals surface area contributed by atoms with Crippen LogP contribution in [0.15, 0.2) is 55.0 Å². The normalized spacial score (nSPS) is 16.9. The Kier molecular flexibility index (Phi) is 6.73. The number of H-pyrrole nitrogens is 1. The van der Waals surface area contributed by atoms with E-state index < -0.39 is 5.82 Å². The van der Waals surface area contributed by atoms with Crippen LogP contribution in [-0.4, -0.2) is 68.4 Å². The largest absolute Gasteiger partial charge is 0.492 e. The van der Waals surface area contributed by atoms with E-state index in [1.54, 1.807) is 17.2 Å². The van der Waals surface area contributed by atoms with Crippen LogP contribution >= 0.6 is 11.6 Å². The topological polar surface area (TPSA) is 91.6 Å². The summed E-state index contributed by atoms with van der Waals surface area (Å²) in [5, 5.41) is 12.8. The molecule has 0 aliphatic carbocycles. The molecule has 0 bridgehead atoms. The molecule has 0 unspecified atom stereocenters. The standard InChI is InChI=1S/C31H31ClFN7O2/c1-2-42-21-15-22(28-23-17-35-36-29(23)37-40(28)18-21)20-7-8-26(34-16-20)39-12-4-9-31(19-39)10-13-38(14-11-31)30(41)27-24(32)5-3-6-25(27)33/h3,5-8,15-18H,2,4,9-14,19H2,1H3,(H,36,37). The lowest BCUT2D eigenvalue weighted by Gasteiger charge is -2.48. The number of carbonyl (C=O) groups excluding carboxylic acids is 1. The highest BCUT2D eigenvalue weighted by Gasteiger charge is 2.40. The number of nitrogens with zero attached hydrogens (tertiary/aromatic N) is 6. The number of hydrogen-bond acceptors (Lipinski definition) is 6. The molecule has 5 aromatic rings. The van der Waals surface area contributed by atoms with Gasteiger partial charge in [-0.2, -0.15) is 5.10 Å². The number of halogens is 2. The molecule has 2 fully saturated rings. The molecule has 42 heavy (non-hydrogen) atoms. The van der Waals surface area contributed by atoms with E-state index in [1.165, 1.54) is 12.1 Å². The number of nitrogens with one attached hydrogen (secondary N) is 1. The van der Waals surface area contributed by atoms with Gasteiger partial charge in [-0.25, -0.2) is 13.9 Å². The van der Waals surface area contributed by atoms with Crippen LogP contribution in [0.2, 0.25) is 5.02 Å². The number of amides is 1. The fraction of sp³-hybridized carbons (Fsp3) is 0.355. The van der Waals surface area contributed by atoms with Gasteiger partial charge in [0.15, 0.2) is 5.65 Å². The molecule has 6 heterocycles. The first-order valence-corrected chi connectivity index (χ1v) is 14.8. The van der Waals surface area contributed by atoms with Gasteiger partial charge in [-0.1, -0.05) is 17.7 Å². The third kappa shape index (κ3) is 4.63. The summed E-state index contributed by atoms with van der Waals surface area (Å²) < 4.78 is 22.0. The van der Waals surface area contributed by atoms with Crippen molar-refractivity contribution in [2.75, 3.05) is 37.7 Å². The molecule has 1 spiro atoms. The Bertz CT molecular complexity index is 1760. The van der Waals surface area contributed by atoms with Gasteiger partial charge in [0.25, 0.3) is 5.91 Å². The van der Waals surface area contributed by atoms with Crippen molar-refractivity contribution in [3.63, 3.8) is 0 Å². The van der Waals surface area contributed by atoms with Gasteiger partial charge in [0.1, 0.15) is 17.4 Å². The number of anilines is 1. The zero-order chi connectivity index (χ0) is 28.8. The minimum atomic E-state index is -0.570. The second kappa shape index (κ2) is 10.6. The smallest absolute Gasteiger partial charge is 0.258 e. The quantitative estimate of drug-likeness (QED) is 0.272. The van der Waals surface area contributed by atoms with Crippen molar-refractivity contribution >= 4 is 39.9 Å². The Morgan fingerprint density at radius 3 is 2.76 bits per heavy atom. The van der Waals surface area contributed by atoms with Crippen molar-refractivity contribution in [3.05, 3.63) is 71.4 Å². The number of aromatic amines is 1. The van der Waals surface area contributed by atoms with Crippen LogP contribution in [0.4, 0.5) is 10.2 Å². The van der Waals surface area contributed by atoms with Crippen LogP contribution in [0.5, 0.6) is 5.75 Å². The van der Waals surface area contributed by atoms with Crippen LogP contribution in [-0.2, 0) is 0 Å². The highest BCUT2D eigenvalue weighted by Crippen LogP contribution is 2.42. The van der Waals surface area contributed by atoms with Crippen molar-refractivity contribution < 1.29 is 13.9 Å². The van der Waals surface area contributed by atoms with Crippen molar-refractivity contribution in [2.24, 2.45) is 5.41 Å². The van der Waals surface area contributed by atoms with Crippen molar-refractivity contribution in [2.45, 2.75) is 32.6 Å². The van der Waals surface area contributed by atoms with Gasteiger partial charge in [0.2, 0.25) is 0 Å². The molecule has 1 amide bonds. The number of piperidine rings is 2. The van der Waals surface area contributed by atoms with Crippen LogP contribution in [0.25, 0.3) is 27.7 Å². The van der Waals surface area contributed by atoms with Crippen molar-refractivity contribution in [1.29, 1.82) is 0 Å². The molecular weight excluding hydrogens is 557 g/mol. The van der Waals surface area contributed by atoms with E-state index in [-0.39, 0.29) is 21.9 Å².